The normalized spacial score (nSPS) is 23.7. The number of carbonyl (C=O) groups is 1. The van der Waals surface area contributed by atoms with E-state index in [0.29, 0.717) is 12.3 Å². The van der Waals surface area contributed by atoms with Crippen molar-refractivity contribution in [2.45, 2.75) is 18.8 Å². The summed E-state index contributed by atoms with van der Waals surface area (Å²) in [7, 11) is 3.33. The fraction of sp³-hybridized carbons (Fsp3) is 0.636. The molecule has 1 fully saturated rings. The fourth-order valence-electron chi connectivity index (χ4n) is 2.19. The van der Waals surface area contributed by atoms with E-state index in [-0.39, 0.29) is 17.9 Å². The van der Waals surface area contributed by atoms with Crippen molar-refractivity contribution in [3.8, 4) is 0 Å². The number of nitrogens with two attached hydrogens (primary N) is 1. The maximum atomic E-state index is 11.2. The molecule has 2 unspecified atom stereocenters. The maximum Gasteiger partial charge on any atom is 0.287 e. The minimum absolute atomic E-state index is 0.0414. The van der Waals surface area contributed by atoms with E-state index in [1.807, 2.05) is 5.43 Å². The van der Waals surface area contributed by atoms with Gasteiger partial charge in [0.15, 0.2) is 11.5 Å². The van der Waals surface area contributed by atoms with E-state index in [1.165, 1.54) is 0 Å². The Morgan fingerprint density at radius 3 is 2.68 bits per heavy atom. The number of hydrazine groups is 1. The standard InChI is InChI=1S/C11H18N4O4/c1-17-9-5-15(6-10(9)18-2)4-7-3-8(14-19-7)11(16)13-12/h3,9-10H,4-6,12H2,1-2H3,(H,13,16). The molecule has 1 aliphatic rings. The Kier molecular flexibility index (Phi) is 4.48. The molecule has 0 saturated carbocycles. The Morgan fingerprint density at radius 2 is 2.16 bits per heavy atom. The molecule has 106 valence electrons. The van der Waals surface area contributed by atoms with Crippen LogP contribution in [0.3, 0.4) is 0 Å². The van der Waals surface area contributed by atoms with E-state index in [0.717, 1.165) is 13.1 Å². The van der Waals surface area contributed by atoms with Gasteiger partial charge in [-0.2, -0.15) is 0 Å². The molecule has 0 spiro atoms. The highest BCUT2D eigenvalue weighted by atomic mass is 16.5. The Hall–Kier alpha value is -1.48. The largest absolute Gasteiger partial charge is 0.377 e. The summed E-state index contributed by atoms with van der Waals surface area (Å²) < 4.78 is 15.8. The lowest BCUT2D eigenvalue weighted by atomic mass is 10.3. The van der Waals surface area contributed by atoms with Crippen molar-refractivity contribution < 1.29 is 18.8 Å². The lowest BCUT2D eigenvalue weighted by molar-refractivity contribution is -0.00461. The summed E-state index contributed by atoms with van der Waals surface area (Å²) in [5.41, 5.74) is 2.18. The number of likely N-dealkylation sites (tertiary alicyclic amines) is 1. The first-order chi connectivity index (χ1) is 9.17. The van der Waals surface area contributed by atoms with Gasteiger partial charge in [0.05, 0.1) is 18.8 Å². The van der Waals surface area contributed by atoms with Crippen LogP contribution in [0.15, 0.2) is 10.6 Å². The first-order valence-corrected chi connectivity index (χ1v) is 5.92. The number of amides is 1. The summed E-state index contributed by atoms with van der Waals surface area (Å²) >= 11 is 0. The third-order valence-electron chi connectivity index (χ3n) is 3.20. The summed E-state index contributed by atoms with van der Waals surface area (Å²) in [4.78, 5) is 13.4. The Labute approximate surface area is 110 Å². The number of nitrogen functional groups attached to an aromatic ring is 1. The van der Waals surface area contributed by atoms with Crippen molar-refractivity contribution in [2.75, 3.05) is 27.3 Å². The highest BCUT2D eigenvalue weighted by molar-refractivity contribution is 5.91. The molecule has 2 atom stereocenters. The van der Waals surface area contributed by atoms with Crippen LogP contribution in [0.4, 0.5) is 0 Å². The third kappa shape index (κ3) is 3.10. The second-order valence-corrected chi connectivity index (χ2v) is 4.39. The average molecular weight is 270 g/mol. The Bertz CT molecular complexity index is 424. The zero-order valence-electron chi connectivity index (χ0n) is 11.0. The number of nitrogens with zero attached hydrogens (tertiary/aromatic N) is 2. The number of hydrogen-bond donors (Lipinski definition) is 2. The molecule has 2 rings (SSSR count). The molecular weight excluding hydrogens is 252 g/mol. The highest BCUT2D eigenvalue weighted by Gasteiger charge is 2.33. The molecule has 1 saturated heterocycles. The molecule has 0 aliphatic carbocycles. The quantitative estimate of drug-likeness (QED) is 0.407. The van der Waals surface area contributed by atoms with Gasteiger partial charge in [-0.1, -0.05) is 5.16 Å². The number of hydrogen-bond acceptors (Lipinski definition) is 7. The van der Waals surface area contributed by atoms with Crippen LogP contribution in [-0.4, -0.2) is 55.5 Å². The Balaban J connectivity index is 1.95. The molecule has 1 aromatic rings. The first kappa shape index (κ1) is 13.9. The Morgan fingerprint density at radius 1 is 1.53 bits per heavy atom. The van der Waals surface area contributed by atoms with E-state index < -0.39 is 5.91 Å². The number of carbonyl (C=O) groups excluding carboxylic acids is 1. The average Bonchev–Trinajstić information content (AvgIpc) is 3.04. The predicted molar refractivity (Wildman–Crippen MR) is 65.0 cm³/mol. The van der Waals surface area contributed by atoms with Gasteiger partial charge in [0.1, 0.15) is 0 Å². The molecular formula is C11H18N4O4. The summed E-state index contributed by atoms with van der Waals surface area (Å²) in [6, 6.07) is 1.57. The predicted octanol–water partition coefficient (Wildman–Crippen LogP) is -0.876. The molecule has 8 nitrogen and oxygen atoms in total. The van der Waals surface area contributed by atoms with Gasteiger partial charge >= 0.3 is 0 Å². The van der Waals surface area contributed by atoms with Crippen LogP contribution in [0.1, 0.15) is 16.2 Å². The second-order valence-electron chi connectivity index (χ2n) is 4.39. The number of methoxy groups -OCH3 is 2. The number of ether oxygens (including phenoxy) is 2. The zero-order chi connectivity index (χ0) is 13.8. The van der Waals surface area contributed by atoms with E-state index in [1.54, 1.807) is 20.3 Å². The van der Waals surface area contributed by atoms with Crippen molar-refractivity contribution >= 4 is 5.91 Å². The monoisotopic (exact) mass is 270 g/mol. The second kappa shape index (κ2) is 6.11. The molecule has 1 aromatic heterocycles. The minimum atomic E-state index is -0.471. The van der Waals surface area contributed by atoms with Crippen molar-refractivity contribution in [1.82, 2.24) is 15.5 Å². The van der Waals surface area contributed by atoms with Gasteiger partial charge in [-0.3, -0.25) is 15.1 Å². The van der Waals surface area contributed by atoms with Crippen molar-refractivity contribution in [1.29, 1.82) is 0 Å². The molecule has 0 aromatic carbocycles. The van der Waals surface area contributed by atoms with E-state index in [4.69, 9.17) is 19.8 Å². The molecule has 1 amide bonds. The number of rotatable bonds is 5. The summed E-state index contributed by atoms with van der Waals surface area (Å²) in [5, 5.41) is 3.65. The third-order valence-corrected chi connectivity index (χ3v) is 3.20. The molecule has 0 radical (unpaired) electrons. The molecule has 8 heteroatoms. The van der Waals surface area contributed by atoms with E-state index in [9.17, 15) is 4.79 Å². The molecule has 3 N–H and O–H groups in total. The van der Waals surface area contributed by atoms with Crippen molar-refractivity contribution in [2.24, 2.45) is 5.84 Å². The fourth-order valence-corrected chi connectivity index (χ4v) is 2.19. The van der Waals surface area contributed by atoms with Crippen LogP contribution < -0.4 is 11.3 Å². The molecule has 19 heavy (non-hydrogen) atoms. The lowest BCUT2D eigenvalue weighted by Gasteiger charge is -2.13. The van der Waals surface area contributed by atoms with Gasteiger partial charge < -0.3 is 14.0 Å². The van der Waals surface area contributed by atoms with Gasteiger partial charge in [0.2, 0.25) is 0 Å². The van der Waals surface area contributed by atoms with Crippen LogP contribution in [0.5, 0.6) is 0 Å². The van der Waals surface area contributed by atoms with Crippen molar-refractivity contribution in [3.05, 3.63) is 17.5 Å². The van der Waals surface area contributed by atoms with Crippen LogP contribution >= 0.6 is 0 Å². The SMILES string of the molecule is COC1CN(Cc2cc(C(=O)NN)no2)CC1OC. The van der Waals surface area contributed by atoms with Gasteiger partial charge in [0, 0.05) is 33.4 Å². The highest BCUT2D eigenvalue weighted by Crippen LogP contribution is 2.18. The molecule has 0 bridgehead atoms. The topological polar surface area (TPSA) is 103 Å². The minimum Gasteiger partial charge on any atom is -0.377 e. The van der Waals surface area contributed by atoms with Gasteiger partial charge in [-0.25, -0.2) is 5.84 Å². The van der Waals surface area contributed by atoms with Gasteiger partial charge in [0.25, 0.3) is 5.91 Å². The van der Waals surface area contributed by atoms with Gasteiger partial charge in [-0.15, -0.1) is 0 Å². The van der Waals surface area contributed by atoms with Crippen LogP contribution in [0, 0.1) is 0 Å². The van der Waals surface area contributed by atoms with Crippen LogP contribution in [0.25, 0.3) is 0 Å². The van der Waals surface area contributed by atoms with Crippen LogP contribution in [0.2, 0.25) is 0 Å². The summed E-state index contributed by atoms with van der Waals surface area (Å²) in [6.45, 7) is 2.03. The molecule has 2 heterocycles. The maximum absolute atomic E-state index is 11.2. The summed E-state index contributed by atoms with van der Waals surface area (Å²) in [5.74, 6) is 5.16. The summed E-state index contributed by atoms with van der Waals surface area (Å²) in [6.07, 6.45) is 0.0828. The number of nitrogens with one attached hydrogen (secondary N) is 1. The van der Waals surface area contributed by atoms with Gasteiger partial charge in [-0.05, 0) is 0 Å². The smallest absolute Gasteiger partial charge is 0.287 e. The number of aromatic nitrogens is 1. The lowest BCUT2D eigenvalue weighted by Crippen LogP contribution is -2.30. The first-order valence-electron chi connectivity index (χ1n) is 5.92. The van der Waals surface area contributed by atoms with E-state index >= 15 is 0 Å². The zero-order valence-corrected chi connectivity index (χ0v) is 11.0. The van der Waals surface area contributed by atoms with Crippen LogP contribution in [-0.2, 0) is 16.0 Å². The van der Waals surface area contributed by atoms with E-state index in [2.05, 4.69) is 10.1 Å². The van der Waals surface area contributed by atoms with Crippen molar-refractivity contribution in [3.63, 3.8) is 0 Å². The molecule has 1 aliphatic heterocycles.